The van der Waals surface area contributed by atoms with Crippen LogP contribution in [0.5, 0.6) is 0 Å². The number of benzene rings is 6. The van der Waals surface area contributed by atoms with Gasteiger partial charge in [-0.3, -0.25) is 0 Å². The van der Waals surface area contributed by atoms with Crippen molar-refractivity contribution in [2.75, 3.05) is 0 Å². The Bertz CT molecular complexity index is 2260. The normalized spacial score (nSPS) is 11.8. The molecule has 1 heterocycles. The second-order valence-electron chi connectivity index (χ2n) is 11.3. The summed E-state index contributed by atoms with van der Waals surface area (Å²) in [6, 6.07) is 48.4. The minimum absolute atomic E-state index is 0.790. The molecule has 0 spiro atoms. The van der Waals surface area contributed by atoms with Crippen LogP contribution in [0.2, 0.25) is 0 Å². The number of furan rings is 1. The molecule has 44 heavy (non-hydrogen) atoms. The number of rotatable bonds is 4. The fourth-order valence-corrected chi connectivity index (χ4v) is 6.73. The quantitative estimate of drug-likeness (QED) is 0.212. The third kappa shape index (κ3) is 4.15. The zero-order valence-electron chi connectivity index (χ0n) is 24.3. The van der Waals surface area contributed by atoms with Crippen molar-refractivity contribution in [1.29, 1.82) is 5.41 Å². The molecule has 2 nitrogen and oxygen atoms in total. The molecule has 0 amide bonds. The van der Waals surface area contributed by atoms with Gasteiger partial charge in [-0.1, -0.05) is 115 Å². The van der Waals surface area contributed by atoms with E-state index in [1.807, 2.05) is 6.08 Å². The number of nitrogens with one attached hydrogen (secondary N) is 1. The zero-order valence-corrected chi connectivity index (χ0v) is 24.3. The number of allylic oxidation sites excluding steroid dienone is 1. The van der Waals surface area contributed by atoms with Crippen LogP contribution in [0.25, 0.3) is 83.8 Å². The fourth-order valence-electron chi connectivity index (χ4n) is 6.73. The van der Waals surface area contributed by atoms with Crippen LogP contribution in [0.15, 0.2) is 144 Å². The van der Waals surface area contributed by atoms with Gasteiger partial charge in [-0.05, 0) is 104 Å². The molecular formula is C42H29NO. The van der Waals surface area contributed by atoms with Crippen molar-refractivity contribution >= 4 is 23.3 Å². The molecular weight excluding hydrogens is 534 g/mol. The molecule has 8 rings (SSSR count). The Labute approximate surface area is 257 Å². The molecule has 208 valence electrons. The first-order chi connectivity index (χ1) is 21.7. The van der Waals surface area contributed by atoms with Crippen LogP contribution in [-0.4, -0.2) is 6.21 Å². The molecule has 1 aromatic heterocycles. The predicted octanol–water partition coefficient (Wildman–Crippen LogP) is 11.7. The molecule has 0 unspecified atom stereocenters. The maximum Gasteiger partial charge on any atom is 0.135 e. The Morgan fingerprint density at radius 3 is 1.70 bits per heavy atom. The summed E-state index contributed by atoms with van der Waals surface area (Å²) >= 11 is 0. The van der Waals surface area contributed by atoms with Crippen molar-refractivity contribution in [3.63, 3.8) is 0 Å². The van der Waals surface area contributed by atoms with E-state index in [4.69, 9.17) is 9.83 Å². The highest BCUT2D eigenvalue weighted by molar-refractivity contribution is 6.07. The Morgan fingerprint density at radius 1 is 0.500 bits per heavy atom. The Kier molecular flexibility index (Phi) is 6.20. The lowest BCUT2D eigenvalue weighted by Crippen LogP contribution is -1.98. The van der Waals surface area contributed by atoms with E-state index in [1.165, 1.54) is 61.8 Å². The van der Waals surface area contributed by atoms with Crippen molar-refractivity contribution in [2.45, 2.75) is 6.92 Å². The molecule has 2 heteroatoms. The first-order valence-electron chi connectivity index (χ1n) is 14.9. The van der Waals surface area contributed by atoms with Crippen LogP contribution in [0.3, 0.4) is 0 Å². The molecule has 7 aromatic rings. The molecule has 0 radical (unpaired) electrons. The second-order valence-corrected chi connectivity index (χ2v) is 11.3. The summed E-state index contributed by atoms with van der Waals surface area (Å²) in [4.78, 5) is 0. The lowest BCUT2D eigenvalue weighted by Gasteiger charge is -2.25. The lowest BCUT2D eigenvalue weighted by molar-refractivity contribution is 0.601. The maximum atomic E-state index is 7.33. The van der Waals surface area contributed by atoms with Crippen LogP contribution in [0.1, 0.15) is 11.3 Å². The monoisotopic (exact) mass is 563 g/mol. The van der Waals surface area contributed by atoms with Crippen LogP contribution >= 0.6 is 0 Å². The standard InChI is InChI=1S/C42H29NO/c1-27-39-26-29(22-23-41(39)44-40(27)21-10-24-43)28-11-8-12-30(25-28)31-19-9-20-38-36-16-5-4-15-34(36)32-13-2-3-14-33(32)35-17-6-7-18-37(35)42(31)38/h2-26,43H,1H3/b21-10-,34-32?,35-33?,38-36?,42-37?,43-24?. The highest BCUT2D eigenvalue weighted by atomic mass is 16.3. The van der Waals surface area contributed by atoms with E-state index in [-0.39, 0.29) is 0 Å². The third-order valence-electron chi connectivity index (χ3n) is 8.81. The van der Waals surface area contributed by atoms with E-state index in [2.05, 4.69) is 140 Å². The Hall–Kier alpha value is -5.73. The summed E-state index contributed by atoms with van der Waals surface area (Å²) in [6.07, 6.45) is 4.81. The molecule has 0 saturated heterocycles. The van der Waals surface area contributed by atoms with Gasteiger partial charge in [-0.25, -0.2) is 0 Å². The third-order valence-corrected chi connectivity index (χ3v) is 8.81. The van der Waals surface area contributed by atoms with Crippen LogP contribution < -0.4 is 0 Å². The van der Waals surface area contributed by atoms with Crippen LogP contribution in [0.4, 0.5) is 0 Å². The van der Waals surface area contributed by atoms with Gasteiger partial charge in [0, 0.05) is 17.2 Å². The largest absolute Gasteiger partial charge is 0.456 e. The summed E-state index contributed by atoms with van der Waals surface area (Å²) in [6.45, 7) is 2.07. The van der Waals surface area contributed by atoms with E-state index >= 15 is 0 Å². The average molecular weight is 564 g/mol. The smallest absolute Gasteiger partial charge is 0.135 e. The van der Waals surface area contributed by atoms with Gasteiger partial charge in [0.05, 0.1) is 0 Å². The Balaban J connectivity index is 1.34. The first-order valence-corrected chi connectivity index (χ1v) is 14.9. The van der Waals surface area contributed by atoms with Gasteiger partial charge in [-0.15, -0.1) is 0 Å². The zero-order chi connectivity index (χ0) is 29.6. The molecule has 0 bridgehead atoms. The SMILES string of the molecule is Cc1c(/C=C\C=N)oc2ccc(-c3cccc(-c4cccc5c4-c4ccccc4-c4ccccc4-c4ccccc4-5)c3)cc12. The molecule has 0 fully saturated rings. The lowest BCUT2D eigenvalue weighted by atomic mass is 9.78. The minimum atomic E-state index is 0.790. The van der Waals surface area contributed by atoms with Crippen molar-refractivity contribution in [2.24, 2.45) is 0 Å². The molecule has 1 N–H and O–H groups in total. The van der Waals surface area contributed by atoms with Gasteiger partial charge in [0.15, 0.2) is 0 Å². The molecule has 0 atom stereocenters. The average Bonchev–Trinajstić information content (AvgIpc) is 3.40. The number of hydrogen-bond donors (Lipinski definition) is 1. The highest BCUT2D eigenvalue weighted by Gasteiger charge is 2.23. The van der Waals surface area contributed by atoms with Gasteiger partial charge in [0.25, 0.3) is 0 Å². The first kappa shape index (κ1) is 25.9. The van der Waals surface area contributed by atoms with Gasteiger partial charge >= 0.3 is 0 Å². The summed E-state index contributed by atoms with van der Waals surface area (Å²) in [5, 5.41) is 8.42. The summed E-state index contributed by atoms with van der Waals surface area (Å²) in [5.74, 6) is 0.790. The topological polar surface area (TPSA) is 37.0 Å². The Morgan fingerprint density at radius 2 is 1.02 bits per heavy atom. The molecule has 1 aliphatic carbocycles. The van der Waals surface area contributed by atoms with E-state index in [0.717, 1.165) is 33.4 Å². The number of hydrogen-bond acceptors (Lipinski definition) is 2. The highest BCUT2D eigenvalue weighted by Crippen LogP contribution is 2.50. The number of aryl methyl sites for hydroxylation is 1. The fraction of sp³-hybridized carbons (Fsp3) is 0.0238. The predicted molar refractivity (Wildman–Crippen MR) is 185 cm³/mol. The van der Waals surface area contributed by atoms with Crippen molar-refractivity contribution < 1.29 is 4.42 Å². The van der Waals surface area contributed by atoms with Crippen LogP contribution in [0, 0.1) is 12.3 Å². The molecule has 0 saturated carbocycles. The van der Waals surface area contributed by atoms with Gasteiger partial charge in [0.1, 0.15) is 11.3 Å². The second kappa shape index (κ2) is 10.5. The van der Waals surface area contributed by atoms with Crippen molar-refractivity contribution in [3.8, 4) is 66.8 Å². The van der Waals surface area contributed by atoms with E-state index in [1.54, 1.807) is 6.08 Å². The molecule has 1 aliphatic rings. The van der Waals surface area contributed by atoms with Gasteiger partial charge in [0.2, 0.25) is 0 Å². The van der Waals surface area contributed by atoms with Gasteiger partial charge in [-0.2, -0.15) is 0 Å². The molecule has 6 aromatic carbocycles. The van der Waals surface area contributed by atoms with E-state index < -0.39 is 0 Å². The van der Waals surface area contributed by atoms with Crippen molar-refractivity contribution in [3.05, 3.63) is 151 Å². The minimum Gasteiger partial charge on any atom is -0.456 e. The summed E-state index contributed by atoms with van der Waals surface area (Å²) in [5.41, 5.74) is 16.6. The number of fused-ring (bicyclic) bond motifs is 9. The molecule has 0 aliphatic heterocycles. The van der Waals surface area contributed by atoms with E-state index in [0.29, 0.717) is 0 Å². The van der Waals surface area contributed by atoms with Gasteiger partial charge < -0.3 is 9.83 Å². The summed E-state index contributed by atoms with van der Waals surface area (Å²) in [7, 11) is 0. The summed E-state index contributed by atoms with van der Waals surface area (Å²) < 4.78 is 6.07. The van der Waals surface area contributed by atoms with Crippen molar-refractivity contribution in [1.82, 2.24) is 0 Å². The van der Waals surface area contributed by atoms with Crippen LogP contribution in [-0.2, 0) is 0 Å². The van der Waals surface area contributed by atoms with E-state index in [9.17, 15) is 0 Å². The maximum absolute atomic E-state index is 7.33.